The molecule has 28 heavy (non-hydrogen) atoms. The standard InChI is InChI=1S/C20H18Cl2N2O3S/c21-13-5-6-14(22)15(9-13)24-19(26)17(16-4-2-8-28-16)18(20(24)27)23-7-1-3-12(10-23)11-25/h2,4-6,8-9,12,25H,1,3,7,10-11H2. The van der Waals surface area contributed by atoms with Crippen LogP contribution in [-0.2, 0) is 9.59 Å². The molecule has 0 radical (unpaired) electrons. The van der Waals surface area contributed by atoms with Crippen molar-refractivity contribution >= 4 is 57.6 Å². The number of aliphatic hydroxyl groups is 1. The highest BCUT2D eigenvalue weighted by molar-refractivity contribution is 7.11. The summed E-state index contributed by atoms with van der Waals surface area (Å²) in [6.45, 7) is 1.26. The van der Waals surface area contributed by atoms with Crippen LogP contribution in [0.2, 0.25) is 10.0 Å². The van der Waals surface area contributed by atoms with Crippen LogP contribution < -0.4 is 4.90 Å². The largest absolute Gasteiger partial charge is 0.396 e. The fraction of sp³-hybridized carbons (Fsp3) is 0.300. The first-order valence-corrected chi connectivity index (χ1v) is 10.6. The number of nitrogens with zero attached hydrogens (tertiary/aromatic N) is 2. The van der Waals surface area contributed by atoms with Crippen LogP contribution in [0.3, 0.4) is 0 Å². The summed E-state index contributed by atoms with van der Waals surface area (Å²) >= 11 is 13.8. The topological polar surface area (TPSA) is 60.9 Å². The first kappa shape index (κ1) is 19.5. The van der Waals surface area contributed by atoms with Crippen molar-refractivity contribution in [1.82, 2.24) is 4.90 Å². The number of carbonyl (C=O) groups excluding carboxylic acids is 2. The molecule has 0 bridgehead atoms. The molecular formula is C20H18Cl2N2O3S. The summed E-state index contributed by atoms with van der Waals surface area (Å²) < 4.78 is 0. The van der Waals surface area contributed by atoms with Gasteiger partial charge >= 0.3 is 0 Å². The van der Waals surface area contributed by atoms with Crippen molar-refractivity contribution in [2.45, 2.75) is 12.8 Å². The van der Waals surface area contributed by atoms with Crippen molar-refractivity contribution in [2.24, 2.45) is 5.92 Å². The molecule has 5 nitrogen and oxygen atoms in total. The van der Waals surface area contributed by atoms with Gasteiger partial charge < -0.3 is 10.0 Å². The lowest BCUT2D eigenvalue weighted by molar-refractivity contribution is -0.120. The third kappa shape index (κ3) is 3.35. The highest BCUT2D eigenvalue weighted by Crippen LogP contribution is 2.40. The molecule has 1 saturated heterocycles. The Balaban J connectivity index is 1.81. The first-order chi connectivity index (χ1) is 13.5. The van der Waals surface area contributed by atoms with E-state index in [0.29, 0.717) is 29.4 Å². The van der Waals surface area contributed by atoms with Gasteiger partial charge in [0.1, 0.15) is 5.70 Å². The van der Waals surface area contributed by atoms with Crippen molar-refractivity contribution in [1.29, 1.82) is 0 Å². The van der Waals surface area contributed by atoms with Crippen LogP contribution in [0.1, 0.15) is 17.7 Å². The van der Waals surface area contributed by atoms with Gasteiger partial charge in [-0.1, -0.05) is 29.3 Å². The van der Waals surface area contributed by atoms with Crippen LogP contribution in [0.4, 0.5) is 5.69 Å². The third-order valence-electron chi connectivity index (χ3n) is 5.07. The molecule has 0 spiro atoms. The fourth-order valence-electron chi connectivity index (χ4n) is 3.75. The molecule has 1 unspecified atom stereocenters. The number of anilines is 1. The van der Waals surface area contributed by atoms with E-state index in [0.717, 1.165) is 22.6 Å². The molecule has 146 valence electrons. The average molecular weight is 437 g/mol. The molecule has 3 heterocycles. The van der Waals surface area contributed by atoms with Crippen LogP contribution in [0.25, 0.3) is 5.57 Å². The van der Waals surface area contributed by atoms with Gasteiger partial charge in [-0.25, -0.2) is 4.90 Å². The van der Waals surface area contributed by atoms with Gasteiger partial charge in [0.2, 0.25) is 0 Å². The minimum atomic E-state index is -0.406. The van der Waals surface area contributed by atoms with Gasteiger partial charge in [0.25, 0.3) is 11.8 Å². The zero-order valence-electron chi connectivity index (χ0n) is 14.9. The van der Waals surface area contributed by atoms with Crippen molar-refractivity contribution in [3.63, 3.8) is 0 Å². The van der Waals surface area contributed by atoms with Crippen LogP contribution >= 0.6 is 34.5 Å². The zero-order valence-corrected chi connectivity index (χ0v) is 17.2. The maximum Gasteiger partial charge on any atom is 0.282 e. The van der Waals surface area contributed by atoms with E-state index in [1.54, 1.807) is 12.1 Å². The van der Waals surface area contributed by atoms with Gasteiger partial charge in [-0.2, -0.15) is 0 Å². The summed E-state index contributed by atoms with van der Waals surface area (Å²) in [4.78, 5) is 30.6. The Kier molecular flexibility index (Phi) is 5.47. The second-order valence-corrected chi connectivity index (χ2v) is 8.67. The third-order valence-corrected chi connectivity index (χ3v) is 6.51. The fourth-order valence-corrected chi connectivity index (χ4v) is 4.88. The van der Waals surface area contributed by atoms with Crippen LogP contribution in [0.5, 0.6) is 0 Å². The van der Waals surface area contributed by atoms with E-state index in [-0.39, 0.29) is 23.2 Å². The average Bonchev–Trinajstić information content (AvgIpc) is 3.30. The molecule has 8 heteroatoms. The minimum Gasteiger partial charge on any atom is -0.396 e. The van der Waals surface area contributed by atoms with Crippen LogP contribution in [0, 0.1) is 5.92 Å². The highest BCUT2D eigenvalue weighted by atomic mass is 35.5. The second kappa shape index (κ2) is 7.87. The molecule has 1 atom stereocenters. The Labute approximate surface area is 176 Å². The Bertz CT molecular complexity index is 958. The second-order valence-electron chi connectivity index (χ2n) is 6.88. The van der Waals surface area contributed by atoms with Gasteiger partial charge in [-0.3, -0.25) is 9.59 Å². The van der Waals surface area contributed by atoms with Crippen LogP contribution in [0.15, 0.2) is 41.4 Å². The number of imide groups is 1. The molecule has 0 saturated carbocycles. The summed E-state index contributed by atoms with van der Waals surface area (Å²) in [5, 5.41) is 12.1. The number of hydrogen-bond acceptors (Lipinski definition) is 5. The number of likely N-dealkylation sites (tertiary alicyclic amines) is 1. The van der Waals surface area contributed by atoms with E-state index in [1.165, 1.54) is 17.4 Å². The number of halogens is 2. The van der Waals surface area contributed by atoms with Gasteiger partial charge in [-0.05, 0) is 48.4 Å². The monoisotopic (exact) mass is 436 g/mol. The molecule has 1 N–H and O–H groups in total. The van der Waals surface area contributed by atoms with Gasteiger partial charge in [-0.15, -0.1) is 11.3 Å². The molecule has 2 aliphatic heterocycles. The van der Waals surface area contributed by atoms with Gasteiger partial charge in [0.15, 0.2) is 0 Å². The van der Waals surface area contributed by atoms with E-state index in [9.17, 15) is 14.7 Å². The number of benzene rings is 1. The van der Waals surface area contributed by atoms with Crippen molar-refractivity contribution < 1.29 is 14.7 Å². The number of aliphatic hydroxyl groups excluding tert-OH is 1. The molecule has 1 aromatic heterocycles. The minimum absolute atomic E-state index is 0.0596. The summed E-state index contributed by atoms with van der Waals surface area (Å²) in [7, 11) is 0. The SMILES string of the molecule is O=C1C(c2cccs2)=C(N2CCCC(CO)C2)C(=O)N1c1cc(Cl)ccc1Cl. The molecule has 4 rings (SSSR count). The Hall–Kier alpha value is -1.86. The molecule has 0 aliphatic carbocycles. The lowest BCUT2D eigenvalue weighted by Crippen LogP contribution is -2.40. The number of hydrogen-bond donors (Lipinski definition) is 1. The maximum absolute atomic E-state index is 13.4. The van der Waals surface area contributed by atoms with E-state index in [4.69, 9.17) is 23.2 Å². The van der Waals surface area contributed by atoms with Crippen molar-refractivity contribution in [3.8, 4) is 0 Å². The predicted octanol–water partition coefficient (Wildman–Crippen LogP) is 4.04. The zero-order chi connectivity index (χ0) is 19.8. The van der Waals surface area contributed by atoms with Gasteiger partial charge in [0.05, 0.1) is 16.3 Å². The van der Waals surface area contributed by atoms with E-state index in [1.807, 2.05) is 22.4 Å². The molecular weight excluding hydrogens is 419 g/mol. The predicted molar refractivity (Wildman–Crippen MR) is 112 cm³/mol. The molecule has 1 aromatic carbocycles. The van der Waals surface area contributed by atoms with Gasteiger partial charge in [0, 0.05) is 29.6 Å². The Morgan fingerprint density at radius 2 is 2.00 bits per heavy atom. The number of carbonyl (C=O) groups is 2. The Morgan fingerprint density at radius 3 is 2.71 bits per heavy atom. The van der Waals surface area contributed by atoms with E-state index < -0.39 is 11.8 Å². The lowest BCUT2D eigenvalue weighted by Gasteiger charge is -2.34. The summed E-state index contributed by atoms with van der Waals surface area (Å²) in [5.41, 5.74) is 1.04. The summed E-state index contributed by atoms with van der Waals surface area (Å²) in [6.07, 6.45) is 1.76. The van der Waals surface area contributed by atoms with Crippen LogP contribution in [-0.4, -0.2) is 41.5 Å². The highest BCUT2D eigenvalue weighted by Gasteiger charge is 2.44. The molecule has 2 amide bonds. The smallest absolute Gasteiger partial charge is 0.282 e. The summed E-state index contributed by atoms with van der Waals surface area (Å²) in [6, 6.07) is 8.40. The van der Waals surface area contributed by atoms with Crippen molar-refractivity contribution in [2.75, 3.05) is 24.6 Å². The quantitative estimate of drug-likeness (QED) is 0.734. The van der Waals surface area contributed by atoms with Crippen molar-refractivity contribution in [3.05, 3.63) is 56.3 Å². The number of piperidine rings is 1. The molecule has 1 fully saturated rings. The normalized spacial score (nSPS) is 20.5. The molecule has 2 aliphatic rings. The van der Waals surface area contributed by atoms with E-state index >= 15 is 0 Å². The molecule has 2 aromatic rings. The lowest BCUT2D eigenvalue weighted by atomic mass is 9.98. The van der Waals surface area contributed by atoms with E-state index in [2.05, 4.69) is 0 Å². The Morgan fingerprint density at radius 1 is 1.18 bits per heavy atom. The number of rotatable bonds is 4. The number of amides is 2. The maximum atomic E-state index is 13.4. The first-order valence-electron chi connectivity index (χ1n) is 8.99. The number of thiophene rings is 1. The summed E-state index contributed by atoms with van der Waals surface area (Å²) in [5.74, 6) is -0.730.